The molecule has 26 heavy (non-hydrogen) atoms. The highest BCUT2D eigenvalue weighted by molar-refractivity contribution is 7.13. The average Bonchev–Trinajstić information content (AvgIpc) is 3.18. The maximum Gasteiger partial charge on any atom is 0.255 e. The summed E-state index contributed by atoms with van der Waals surface area (Å²) in [5.41, 5.74) is 4.74. The molecule has 1 fully saturated rings. The number of hydrogen-bond acceptors (Lipinski definition) is 5. The Balaban J connectivity index is 1.64. The number of fused-ring (bicyclic) bond motifs is 1. The van der Waals surface area contributed by atoms with Crippen molar-refractivity contribution in [3.63, 3.8) is 0 Å². The number of nitrogens with zero attached hydrogens (tertiary/aromatic N) is 4. The second-order valence-electron chi connectivity index (χ2n) is 6.81. The van der Waals surface area contributed by atoms with Gasteiger partial charge in [0.2, 0.25) is 0 Å². The van der Waals surface area contributed by atoms with Gasteiger partial charge < -0.3 is 9.80 Å². The molecule has 3 heterocycles. The molecule has 1 amide bonds. The summed E-state index contributed by atoms with van der Waals surface area (Å²) in [6.45, 7) is 9.10. The van der Waals surface area contributed by atoms with E-state index in [1.54, 1.807) is 11.3 Å². The van der Waals surface area contributed by atoms with E-state index in [9.17, 15) is 4.79 Å². The van der Waals surface area contributed by atoms with Gasteiger partial charge in [-0.2, -0.15) is 0 Å². The summed E-state index contributed by atoms with van der Waals surface area (Å²) < 4.78 is 0. The molecule has 3 aromatic rings. The van der Waals surface area contributed by atoms with Gasteiger partial charge in [-0.15, -0.1) is 11.3 Å². The van der Waals surface area contributed by atoms with Crippen molar-refractivity contribution in [1.29, 1.82) is 0 Å². The van der Waals surface area contributed by atoms with Crippen molar-refractivity contribution in [2.75, 3.05) is 31.1 Å². The molecule has 0 saturated carbocycles. The first-order valence-electron chi connectivity index (χ1n) is 8.86. The fourth-order valence-electron chi connectivity index (χ4n) is 3.50. The van der Waals surface area contributed by atoms with E-state index in [4.69, 9.17) is 0 Å². The first kappa shape index (κ1) is 17.0. The van der Waals surface area contributed by atoms with E-state index in [1.165, 1.54) is 0 Å². The fourth-order valence-corrected chi connectivity index (χ4v) is 4.20. The normalized spacial score (nSPS) is 14.9. The predicted molar refractivity (Wildman–Crippen MR) is 106 cm³/mol. The standard InChI is InChI=1S/C20H22N4OS/c1-13-4-5-17-16(12-13)18(14(2)15(3)22-17)19(25)23-7-9-24(10-8-23)20-21-6-11-26-20/h4-6,11-12H,7-10H2,1-3H3. The molecule has 6 heteroatoms. The van der Waals surface area contributed by atoms with Crippen LogP contribution in [0.15, 0.2) is 29.8 Å². The highest BCUT2D eigenvalue weighted by atomic mass is 32.1. The van der Waals surface area contributed by atoms with Gasteiger partial charge in [0.05, 0.1) is 11.1 Å². The molecule has 2 aromatic heterocycles. The third-order valence-electron chi connectivity index (χ3n) is 5.10. The summed E-state index contributed by atoms with van der Waals surface area (Å²) in [5, 5.41) is 3.99. The van der Waals surface area contributed by atoms with Crippen molar-refractivity contribution in [2.45, 2.75) is 20.8 Å². The number of benzene rings is 1. The second kappa shape index (κ2) is 6.68. The Labute approximate surface area is 157 Å². The van der Waals surface area contributed by atoms with Crippen LogP contribution in [-0.4, -0.2) is 47.0 Å². The highest BCUT2D eigenvalue weighted by Crippen LogP contribution is 2.26. The van der Waals surface area contributed by atoms with Crippen LogP contribution in [0.4, 0.5) is 5.13 Å². The van der Waals surface area contributed by atoms with Gasteiger partial charge in [0, 0.05) is 48.8 Å². The molecule has 134 valence electrons. The van der Waals surface area contributed by atoms with Crippen molar-refractivity contribution < 1.29 is 4.79 Å². The van der Waals surface area contributed by atoms with Crippen LogP contribution in [-0.2, 0) is 0 Å². The summed E-state index contributed by atoms with van der Waals surface area (Å²) in [6, 6.07) is 6.13. The monoisotopic (exact) mass is 366 g/mol. The number of amides is 1. The van der Waals surface area contributed by atoms with E-state index < -0.39 is 0 Å². The quantitative estimate of drug-likeness (QED) is 0.696. The van der Waals surface area contributed by atoms with E-state index in [-0.39, 0.29) is 5.91 Å². The zero-order valence-electron chi connectivity index (χ0n) is 15.3. The van der Waals surface area contributed by atoms with Gasteiger partial charge in [-0.1, -0.05) is 11.6 Å². The highest BCUT2D eigenvalue weighted by Gasteiger charge is 2.26. The Morgan fingerprint density at radius 3 is 2.58 bits per heavy atom. The zero-order chi connectivity index (χ0) is 18.3. The lowest BCUT2D eigenvalue weighted by Crippen LogP contribution is -2.49. The lowest BCUT2D eigenvalue weighted by Gasteiger charge is -2.35. The van der Waals surface area contributed by atoms with Gasteiger partial charge in [-0.05, 0) is 38.5 Å². The van der Waals surface area contributed by atoms with E-state index >= 15 is 0 Å². The number of rotatable bonds is 2. The van der Waals surface area contributed by atoms with E-state index in [1.807, 2.05) is 42.5 Å². The summed E-state index contributed by atoms with van der Waals surface area (Å²) in [4.78, 5) is 26.6. The Bertz CT molecular complexity index is 960. The SMILES string of the molecule is Cc1ccc2nc(C)c(C)c(C(=O)N3CCN(c4nccs4)CC3)c2c1. The number of anilines is 1. The molecule has 1 saturated heterocycles. The van der Waals surface area contributed by atoms with Crippen molar-refractivity contribution in [3.8, 4) is 0 Å². The van der Waals surface area contributed by atoms with Crippen LogP contribution in [0.5, 0.6) is 0 Å². The molecule has 0 atom stereocenters. The summed E-state index contributed by atoms with van der Waals surface area (Å²) in [7, 11) is 0. The molecule has 1 aromatic carbocycles. The van der Waals surface area contributed by atoms with Crippen molar-refractivity contribution in [2.24, 2.45) is 0 Å². The Morgan fingerprint density at radius 1 is 1.12 bits per heavy atom. The van der Waals surface area contributed by atoms with Crippen molar-refractivity contribution in [3.05, 3.63) is 52.2 Å². The minimum atomic E-state index is 0.113. The lowest BCUT2D eigenvalue weighted by molar-refractivity contribution is 0.0748. The van der Waals surface area contributed by atoms with Crippen LogP contribution in [0.25, 0.3) is 10.9 Å². The summed E-state index contributed by atoms with van der Waals surface area (Å²) in [5.74, 6) is 0.113. The smallest absolute Gasteiger partial charge is 0.255 e. The first-order chi connectivity index (χ1) is 12.5. The van der Waals surface area contributed by atoms with Gasteiger partial charge in [0.15, 0.2) is 5.13 Å². The second-order valence-corrected chi connectivity index (χ2v) is 7.68. The third-order valence-corrected chi connectivity index (χ3v) is 5.93. The predicted octanol–water partition coefficient (Wildman–Crippen LogP) is 3.58. The van der Waals surface area contributed by atoms with Crippen molar-refractivity contribution >= 4 is 33.3 Å². The molecule has 1 aliphatic heterocycles. The van der Waals surface area contributed by atoms with Crippen LogP contribution in [0.1, 0.15) is 27.2 Å². The van der Waals surface area contributed by atoms with E-state index in [0.29, 0.717) is 13.1 Å². The minimum Gasteiger partial charge on any atom is -0.345 e. The number of carbonyl (C=O) groups is 1. The summed E-state index contributed by atoms with van der Waals surface area (Å²) in [6.07, 6.45) is 1.83. The van der Waals surface area contributed by atoms with Crippen LogP contribution < -0.4 is 4.90 Å². The molecule has 0 aliphatic carbocycles. The topological polar surface area (TPSA) is 49.3 Å². The fraction of sp³-hybridized carbons (Fsp3) is 0.350. The maximum absolute atomic E-state index is 13.4. The number of piperazine rings is 1. The van der Waals surface area contributed by atoms with Gasteiger partial charge in [-0.25, -0.2) is 4.98 Å². The number of aromatic nitrogens is 2. The van der Waals surface area contributed by atoms with Crippen LogP contribution in [0, 0.1) is 20.8 Å². The van der Waals surface area contributed by atoms with Gasteiger partial charge >= 0.3 is 0 Å². The number of aryl methyl sites for hydroxylation is 2. The number of hydrogen-bond donors (Lipinski definition) is 0. The maximum atomic E-state index is 13.4. The molecular formula is C20H22N4OS. The average molecular weight is 366 g/mol. The first-order valence-corrected chi connectivity index (χ1v) is 9.74. The summed E-state index contributed by atoms with van der Waals surface area (Å²) >= 11 is 1.65. The Kier molecular flexibility index (Phi) is 4.36. The number of thiazole rings is 1. The van der Waals surface area contributed by atoms with E-state index in [0.717, 1.165) is 51.5 Å². The molecule has 0 bridgehead atoms. The van der Waals surface area contributed by atoms with Gasteiger partial charge in [0.25, 0.3) is 5.91 Å². The van der Waals surface area contributed by atoms with Gasteiger partial charge in [-0.3, -0.25) is 9.78 Å². The molecule has 0 N–H and O–H groups in total. The minimum absolute atomic E-state index is 0.113. The molecule has 4 rings (SSSR count). The van der Waals surface area contributed by atoms with Crippen LogP contribution in [0.3, 0.4) is 0 Å². The third kappa shape index (κ3) is 2.94. The lowest BCUT2D eigenvalue weighted by atomic mass is 9.99. The largest absolute Gasteiger partial charge is 0.345 e. The number of carbonyl (C=O) groups excluding carboxylic acids is 1. The zero-order valence-corrected chi connectivity index (χ0v) is 16.1. The molecule has 5 nitrogen and oxygen atoms in total. The van der Waals surface area contributed by atoms with Crippen LogP contribution >= 0.6 is 11.3 Å². The molecule has 0 unspecified atom stereocenters. The van der Waals surface area contributed by atoms with Crippen molar-refractivity contribution in [1.82, 2.24) is 14.9 Å². The Hall–Kier alpha value is -2.47. The molecule has 0 radical (unpaired) electrons. The van der Waals surface area contributed by atoms with E-state index in [2.05, 4.69) is 27.9 Å². The molecule has 1 aliphatic rings. The Morgan fingerprint density at radius 2 is 1.88 bits per heavy atom. The van der Waals surface area contributed by atoms with Gasteiger partial charge in [0.1, 0.15) is 0 Å². The molecular weight excluding hydrogens is 344 g/mol. The van der Waals surface area contributed by atoms with Crippen LogP contribution in [0.2, 0.25) is 0 Å². The number of pyridine rings is 1. The molecule has 0 spiro atoms.